The molecule has 0 unspecified atom stereocenters. The lowest BCUT2D eigenvalue weighted by atomic mass is 10.2. The number of carbonyl (C=O) groups is 1. The lowest BCUT2D eigenvalue weighted by Crippen LogP contribution is -2.08. The first-order valence-corrected chi connectivity index (χ1v) is 9.89. The molecule has 0 fully saturated rings. The Labute approximate surface area is 183 Å². The topological polar surface area (TPSA) is 104 Å². The third kappa shape index (κ3) is 6.06. The second-order valence-corrected chi connectivity index (χ2v) is 7.27. The molecule has 1 heterocycles. The van der Waals surface area contributed by atoms with Crippen LogP contribution in [-0.4, -0.2) is 30.0 Å². The van der Waals surface area contributed by atoms with E-state index < -0.39 is 10.8 Å². The minimum absolute atomic E-state index is 0.125. The van der Waals surface area contributed by atoms with Crippen molar-refractivity contribution in [2.24, 2.45) is 0 Å². The molecule has 8 nitrogen and oxygen atoms in total. The van der Waals surface area contributed by atoms with E-state index in [9.17, 15) is 14.9 Å². The van der Waals surface area contributed by atoms with Crippen LogP contribution in [0.1, 0.15) is 5.56 Å². The Hall–Kier alpha value is -3.85. The maximum Gasteiger partial charge on any atom is 0.272 e. The first-order chi connectivity index (χ1) is 15.0. The fraction of sp³-hybridized carbons (Fsp3) is 0.0909. The minimum Gasteiger partial charge on any atom is -0.493 e. The summed E-state index contributed by atoms with van der Waals surface area (Å²) in [5.74, 6) is 0.697. The number of aromatic nitrogens is 1. The van der Waals surface area contributed by atoms with Crippen LogP contribution < -0.4 is 14.8 Å². The second kappa shape index (κ2) is 10.3. The summed E-state index contributed by atoms with van der Waals surface area (Å²) in [6, 6.07) is 15.1. The summed E-state index contributed by atoms with van der Waals surface area (Å²) in [6.45, 7) is 0. The summed E-state index contributed by atoms with van der Waals surface area (Å²) in [5, 5.41) is 14.7. The van der Waals surface area contributed by atoms with Gasteiger partial charge in [-0.15, -0.1) is 0 Å². The van der Waals surface area contributed by atoms with Gasteiger partial charge in [0, 0.05) is 35.0 Å². The summed E-state index contributed by atoms with van der Waals surface area (Å²) in [6.07, 6.45) is 4.59. The molecule has 31 heavy (non-hydrogen) atoms. The first-order valence-electron chi connectivity index (χ1n) is 9.08. The standard InChI is InChI=1S/C22H19N3O5S/c1-29-19-8-6-15(11-20(19)30-2)7-9-21(26)24-16-12-17(25(27)28)14-18(13-16)31-22-5-3-4-10-23-22/h3-14H,1-2H3,(H,24,26)/b9-7+. The Bertz CT molecular complexity index is 1120. The van der Waals surface area contributed by atoms with Crippen LogP contribution in [0.25, 0.3) is 6.08 Å². The largest absolute Gasteiger partial charge is 0.493 e. The number of hydrogen-bond donors (Lipinski definition) is 1. The van der Waals surface area contributed by atoms with Crippen LogP contribution in [0.4, 0.5) is 11.4 Å². The van der Waals surface area contributed by atoms with Crippen molar-refractivity contribution in [1.82, 2.24) is 4.98 Å². The molecule has 1 N–H and O–H groups in total. The van der Waals surface area contributed by atoms with E-state index >= 15 is 0 Å². The molecule has 0 saturated carbocycles. The number of methoxy groups -OCH3 is 2. The van der Waals surface area contributed by atoms with E-state index in [0.29, 0.717) is 27.1 Å². The van der Waals surface area contributed by atoms with Crippen molar-refractivity contribution in [1.29, 1.82) is 0 Å². The summed E-state index contributed by atoms with van der Waals surface area (Å²) in [5.41, 5.74) is 0.924. The van der Waals surface area contributed by atoms with Crippen molar-refractivity contribution in [2.75, 3.05) is 19.5 Å². The van der Waals surface area contributed by atoms with Gasteiger partial charge in [0.25, 0.3) is 5.69 Å². The quantitative estimate of drug-likeness (QED) is 0.306. The predicted octanol–water partition coefficient (Wildman–Crippen LogP) is 4.81. The van der Waals surface area contributed by atoms with Crippen LogP contribution in [0, 0.1) is 10.1 Å². The Morgan fingerprint density at radius 3 is 2.58 bits per heavy atom. The summed E-state index contributed by atoms with van der Waals surface area (Å²) < 4.78 is 10.4. The summed E-state index contributed by atoms with van der Waals surface area (Å²) >= 11 is 1.27. The molecule has 0 bridgehead atoms. The van der Waals surface area contributed by atoms with Crippen molar-refractivity contribution in [3.63, 3.8) is 0 Å². The van der Waals surface area contributed by atoms with E-state index in [-0.39, 0.29) is 5.69 Å². The van der Waals surface area contributed by atoms with E-state index in [1.165, 1.54) is 37.1 Å². The molecule has 0 atom stereocenters. The number of nitrogens with zero attached hydrogens (tertiary/aromatic N) is 2. The number of anilines is 1. The lowest BCUT2D eigenvalue weighted by molar-refractivity contribution is -0.385. The highest BCUT2D eigenvalue weighted by molar-refractivity contribution is 7.99. The van der Waals surface area contributed by atoms with Crippen LogP contribution >= 0.6 is 11.8 Å². The molecule has 0 radical (unpaired) electrons. The highest BCUT2D eigenvalue weighted by Gasteiger charge is 2.12. The van der Waals surface area contributed by atoms with Gasteiger partial charge in [0.1, 0.15) is 5.03 Å². The van der Waals surface area contributed by atoms with Crippen molar-refractivity contribution in [3.8, 4) is 11.5 Å². The van der Waals surface area contributed by atoms with Gasteiger partial charge >= 0.3 is 0 Å². The fourth-order valence-electron chi connectivity index (χ4n) is 2.66. The van der Waals surface area contributed by atoms with Crippen molar-refractivity contribution in [3.05, 3.63) is 82.5 Å². The van der Waals surface area contributed by atoms with Crippen LogP contribution in [-0.2, 0) is 4.79 Å². The molecule has 0 aliphatic rings. The zero-order valence-electron chi connectivity index (χ0n) is 16.8. The maximum absolute atomic E-state index is 12.4. The van der Waals surface area contributed by atoms with E-state index in [2.05, 4.69) is 10.3 Å². The third-order valence-electron chi connectivity index (χ3n) is 4.06. The summed E-state index contributed by atoms with van der Waals surface area (Å²) in [7, 11) is 3.07. The Morgan fingerprint density at radius 1 is 1.10 bits per heavy atom. The van der Waals surface area contributed by atoms with Gasteiger partial charge in [-0.1, -0.05) is 23.9 Å². The normalized spacial score (nSPS) is 10.6. The van der Waals surface area contributed by atoms with Gasteiger partial charge in [0.2, 0.25) is 5.91 Å². The van der Waals surface area contributed by atoms with E-state index in [0.717, 1.165) is 5.56 Å². The van der Waals surface area contributed by atoms with Gasteiger partial charge < -0.3 is 14.8 Å². The number of hydrogen-bond acceptors (Lipinski definition) is 7. The van der Waals surface area contributed by atoms with Crippen molar-refractivity contribution < 1.29 is 19.2 Å². The molecule has 0 saturated heterocycles. The maximum atomic E-state index is 12.4. The minimum atomic E-state index is -0.502. The number of rotatable bonds is 8. The number of carbonyl (C=O) groups excluding carboxylic acids is 1. The van der Waals surface area contributed by atoms with Gasteiger partial charge in [-0.25, -0.2) is 4.98 Å². The van der Waals surface area contributed by atoms with E-state index in [4.69, 9.17) is 9.47 Å². The van der Waals surface area contributed by atoms with Gasteiger partial charge in [-0.2, -0.15) is 0 Å². The number of ether oxygens (including phenoxy) is 2. The Balaban J connectivity index is 1.77. The molecular weight excluding hydrogens is 418 g/mol. The lowest BCUT2D eigenvalue weighted by Gasteiger charge is -2.08. The number of amides is 1. The second-order valence-electron chi connectivity index (χ2n) is 6.18. The number of nitro groups is 1. The molecular formula is C22H19N3O5S. The molecule has 9 heteroatoms. The van der Waals surface area contributed by atoms with Crippen LogP contribution in [0.15, 0.2) is 76.8 Å². The first kappa shape index (κ1) is 21.8. The molecule has 3 rings (SSSR count). The summed E-state index contributed by atoms with van der Waals surface area (Å²) in [4.78, 5) is 28.0. The number of nitro benzene ring substituents is 1. The smallest absolute Gasteiger partial charge is 0.272 e. The zero-order valence-corrected chi connectivity index (χ0v) is 17.6. The predicted molar refractivity (Wildman–Crippen MR) is 119 cm³/mol. The Kier molecular flexibility index (Phi) is 7.23. The Morgan fingerprint density at radius 2 is 1.90 bits per heavy atom. The molecule has 0 aliphatic carbocycles. The average Bonchev–Trinajstić information content (AvgIpc) is 2.78. The van der Waals surface area contributed by atoms with Gasteiger partial charge in [-0.3, -0.25) is 14.9 Å². The highest BCUT2D eigenvalue weighted by Crippen LogP contribution is 2.32. The third-order valence-corrected chi connectivity index (χ3v) is 4.99. The highest BCUT2D eigenvalue weighted by atomic mass is 32.2. The van der Waals surface area contributed by atoms with Crippen molar-refractivity contribution >= 4 is 35.1 Å². The van der Waals surface area contributed by atoms with Crippen molar-refractivity contribution in [2.45, 2.75) is 9.92 Å². The van der Waals surface area contributed by atoms with Gasteiger partial charge in [-0.05, 0) is 42.0 Å². The van der Waals surface area contributed by atoms with E-state index in [1.54, 1.807) is 55.8 Å². The zero-order chi connectivity index (χ0) is 22.2. The number of pyridine rings is 1. The fourth-order valence-corrected chi connectivity index (χ4v) is 3.53. The van der Waals surface area contributed by atoms with Crippen LogP contribution in [0.5, 0.6) is 11.5 Å². The molecule has 158 valence electrons. The molecule has 0 spiro atoms. The number of non-ortho nitro benzene ring substituents is 1. The molecule has 1 aromatic heterocycles. The SMILES string of the molecule is COc1ccc(/C=C/C(=O)Nc2cc(Sc3ccccn3)cc([N+](=O)[O-])c2)cc1OC. The monoisotopic (exact) mass is 437 g/mol. The van der Waals surface area contributed by atoms with Gasteiger partial charge in [0.05, 0.1) is 19.1 Å². The molecule has 2 aromatic carbocycles. The number of benzene rings is 2. The number of nitrogens with one attached hydrogen (secondary N) is 1. The van der Waals surface area contributed by atoms with Crippen LogP contribution in [0.3, 0.4) is 0 Å². The van der Waals surface area contributed by atoms with E-state index in [1.807, 2.05) is 6.07 Å². The molecule has 1 amide bonds. The van der Waals surface area contributed by atoms with Gasteiger partial charge in [0.15, 0.2) is 11.5 Å². The molecule has 0 aliphatic heterocycles. The molecule has 3 aromatic rings. The van der Waals surface area contributed by atoms with Crippen LogP contribution in [0.2, 0.25) is 0 Å². The average molecular weight is 437 g/mol.